The highest BCUT2D eigenvalue weighted by molar-refractivity contribution is 7.11. The molecule has 0 aliphatic carbocycles. The molecule has 0 bridgehead atoms. The van der Waals surface area contributed by atoms with Crippen LogP contribution in [0.2, 0.25) is 0 Å². The predicted molar refractivity (Wildman–Crippen MR) is 79.4 cm³/mol. The lowest BCUT2D eigenvalue weighted by Crippen LogP contribution is -2.00. The topological polar surface area (TPSA) is 24.9 Å². The number of aryl methyl sites for hydroxylation is 2. The Labute approximate surface area is 113 Å². The van der Waals surface area contributed by atoms with Gasteiger partial charge in [0.2, 0.25) is 0 Å². The maximum Gasteiger partial charge on any atom is 0.0900 e. The first kappa shape index (κ1) is 13.1. The van der Waals surface area contributed by atoms with Gasteiger partial charge < -0.3 is 5.32 Å². The van der Waals surface area contributed by atoms with Gasteiger partial charge in [-0.05, 0) is 37.5 Å². The van der Waals surface area contributed by atoms with Crippen molar-refractivity contribution >= 4 is 17.0 Å². The first-order valence-corrected chi connectivity index (χ1v) is 7.14. The molecule has 0 atom stereocenters. The minimum Gasteiger partial charge on any atom is -0.380 e. The molecule has 1 N–H and O–H groups in total. The van der Waals surface area contributed by atoms with E-state index in [9.17, 15) is 0 Å². The van der Waals surface area contributed by atoms with Crippen LogP contribution in [-0.4, -0.2) is 4.98 Å². The number of nitrogens with one attached hydrogen (secondary N) is 1. The third-order valence-electron chi connectivity index (χ3n) is 3.01. The molecule has 2 rings (SSSR count). The van der Waals surface area contributed by atoms with Crippen LogP contribution in [0.4, 0.5) is 5.69 Å². The fourth-order valence-electron chi connectivity index (χ4n) is 1.93. The lowest BCUT2D eigenvalue weighted by Gasteiger charge is -2.09. The van der Waals surface area contributed by atoms with E-state index in [0.29, 0.717) is 5.92 Å². The van der Waals surface area contributed by atoms with Gasteiger partial charge >= 0.3 is 0 Å². The zero-order valence-corrected chi connectivity index (χ0v) is 12.3. The van der Waals surface area contributed by atoms with Gasteiger partial charge in [-0.2, -0.15) is 0 Å². The van der Waals surface area contributed by atoms with Crippen LogP contribution >= 0.6 is 11.3 Å². The van der Waals surface area contributed by atoms with Gasteiger partial charge in [0.25, 0.3) is 0 Å². The highest BCUT2D eigenvalue weighted by Gasteiger charge is 2.05. The van der Waals surface area contributed by atoms with Crippen molar-refractivity contribution in [3.63, 3.8) is 0 Å². The van der Waals surface area contributed by atoms with Crippen molar-refractivity contribution in [3.05, 3.63) is 45.4 Å². The van der Waals surface area contributed by atoms with Gasteiger partial charge in [-0.25, -0.2) is 4.98 Å². The minimum absolute atomic E-state index is 0.569. The first-order chi connectivity index (χ1) is 8.56. The Morgan fingerprint density at radius 1 is 1.28 bits per heavy atom. The van der Waals surface area contributed by atoms with Crippen molar-refractivity contribution in [1.29, 1.82) is 0 Å². The summed E-state index contributed by atoms with van der Waals surface area (Å²) in [7, 11) is 0. The van der Waals surface area contributed by atoms with E-state index in [0.717, 1.165) is 17.2 Å². The number of thiazole rings is 1. The molecule has 2 aromatic rings. The molecule has 1 aromatic heterocycles. The molecule has 0 aliphatic rings. The number of rotatable bonds is 4. The number of benzene rings is 1. The molecule has 0 radical (unpaired) electrons. The lowest BCUT2D eigenvalue weighted by atomic mass is 10.0. The Bertz CT molecular complexity index is 529. The molecule has 2 nitrogen and oxygen atoms in total. The van der Waals surface area contributed by atoms with E-state index in [4.69, 9.17) is 0 Å². The Kier molecular flexibility index (Phi) is 4.02. The van der Waals surface area contributed by atoms with E-state index in [1.807, 2.05) is 0 Å². The monoisotopic (exact) mass is 260 g/mol. The average molecular weight is 260 g/mol. The van der Waals surface area contributed by atoms with Gasteiger partial charge in [-0.1, -0.05) is 26.0 Å². The summed E-state index contributed by atoms with van der Waals surface area (Å²) in [4.78, 5) is 5.77. The van der Waals surface area contributed by atoms with Crippen LogP contribution < -0.4 is 5.32 Å². The minimum atomic E-state index is 0.569. The van der Waals surface area contributed by atoms with Crippen molar-refractivity contribution < 1.29 is 0 Å². The second-order valence-corrected chi connectivity index (χ2v) is 6.16. The Morgan fingerprint density at radius 3 is 2.67 bits per heavy atom. The molecular weight excluding hydrogens is 240 g/mol. The normalized spacial score (nSPS) is 10.9. The molecule has 0 amide bonds. The van der Waals surface area contributed by atoms with Crippen LogP contribution in [0.1, 0.15) is 40.9 Å². The first-order valence-electron chi connectivity index (χ1n) is 6.33. The standard InChI is InChI=1S/C15H20N2S/c1-10(2)13-6-5-7-14(8-13)16-9-15-11(3)17-12(4)18-15/h5-8,10,16H,9H2,1-4H3. The van der Waals surface area contributed by atoms with Gasteiger partial charge in [-0.15, -0.1) is 11.3 Å². The third-order valence-corrected chi connectivity index (χ3v) is 4.08. The Balaban J connectivity index is 2.06. The van der Waals surface area contributed by atoms with Crippen LogP contribution in [-0.2, 0) is 6.54 Å². The fourth-order valence-corrected chi connectivity index (χ4v) is 2.80. The van der Waals surface area contributed by atoms with E-state index in [-0.39, 0.29) is 0 Å². The summed E-state index contributed by atoms with van der Waals surface area (Å²) in [5, 5.41) is 4.62. The number of hydrogen-bond donors (Lipinski definition) is 1. The predicted octanol–water partition coefficient (Wildman–Crippen LogP) is 4.50. The third kappa shape index (κ3) is 3.10. The summed E-state index contributed by atoms with van der Waals surface area (Å²) in [6.07, 6.45) is 0. The zero-order valence-electron chi connectivity index (χ0n) is 11.4. The van der Waals surface area contributed by atoms with Crippen LogP contribution in [0, 0.1) is 13.8 Å². The zero-order chi connectivity index (χ0) is 13.1. The van der Waals surface area contributed by atoms with E-state index in [2.05, 4.69) is 62.3 Å². The number of hydrogen-bond acceptors (Lipinski definition) is 3. The molecule has 18 heavy (non-hydrogen) atoms. The highest BCUT2D eigenvalue weighted by atomic mass is 32.1. The summed E-state index contributed by atoms with van der Waals surface area (Å²) in [6, 6.07) is 8.64. The molecule has 0 unspecified atom stereocenters. The average Bonchev–Trinajstić information content (AvgIpc) is 2.65. The molecule has 1 heterocycles. The van der Waals surface area contributed by atoms with Crippen molar-refractivity contribution in [1.82, 2.24) is 4.98 Å². The maximum atomic E-state index is 4.45. The van der Waals surface area contributed by atoms with Crippen molar-refractivity contribution in [2.75, 3.05) is 5.32 Å². The lowest BCUT2D eigenvalue weighted by molar-refractivity contribution is 0.866. The number of aromatic nitrogens is 1. The van der Waals surface area contributed by atoms with E-state index >= 15 is 0 Å². The summed E-state index contributed by atoms with van der Waals surface area (Å²) >= 11 is 1.77. The van der Waals surface area contributed by atoms with Gasteiger partial charge in [0, 0.05) is 10.6 Å². The second-order valence-electron chi connectivity index (χ2n) is 4.88. The SMILES string of the molecule is Cc1nc(C)c(CNc2cccc(C(C)C)c2)s1. The van der Waals surface area contributed by atoms with Gasteiger partial charge in [-0.3, -0.25) is 0 Å². The van der Waals surface area contributed by atoms with Crippen molar-refractivity contribution in [3.8, 4) is 0 Å². The Hall–Kier alpha value is -1.35. The van der Waals surface area contributed by atoms with E-state index in [1.165, 1.54) is 16.1 Å². The molecule has 0 saturated carbocycles. The largest absolute Gasteiger partial charge is 0.380 e. The molecule has 0 aliphatic heterocycles. The molecule has 96 valence electrons. The van der Waals surface area contributed by atoms with Gasteiger partial charge in [0.05, 0.1) is 17.2 Å². The van der Waals surface area contributed by atoms with Crippen molar-refractivity contribution in [2.24, 2.45) is 0 Å². The van der Waals surface area contributed by atoms with Crippen LogP contribution in [0.3, 0.4) is 0 Å². The summed E-state index contributed by atoms with van der Waals surface area (Å²) in [5.41, 5.74) is 3.70. The maximum absolute atomic E-state index is 4.45. The molecular formula is C15H20N2S. The van der Waals surface area contributed by atoms with Crippen LogP contribution in [0.25, 0.3) is 0 Å². The number of nitrogens with zero attached hydrogens (tertiary/aromatic N) is 1. The van der Waals surface area contributed by atoms with E-state index in [1.54, 1.807) is 11.3 Å². The molecule has 0 spiro atoms. The molecule has 0 fully saturated rings. The fraction of sp³-hybridized carbons (Fsp3) is 0.400. The van der Waals surface area contributed by atoms with Gasteiger partial charge in [0.1, 0.15) is 0 Å². The van der Waals surface area contributed by atoms with E-state index < -0.39 is 0 Å². The van der Waals surface area contributed by atoms with Crippen LogP contribution in [0.5, 0.6) is 0 Å². The second kappa shape index (κ2) is 5.53. The Morgan fingerprint density at radius 2 is 2.06 bits per heavy atom. The molecule has 1 aromatic carbocycles. The summed E-state index contributed by atoms with van der Waals surface area (Å²) in [6.45, 7) is 9.43. The smallest absolute Gasteiger partial charge is 0.0900 e. The quantitative estimate of drug-likeness (QED) is 0.875. The van der Waals surface area contributed by atoms with Crippen molar-refractivity contribution in [2.45, 2.75) is 40.2 Å². The molecule has 0 saturated heterocycles. The molecule has 3 heteroatoms. The summed E-state index contributed by atoms with van der Waals surface area (Å²) < 4.78 is 0. The van der Waals surface area contributed by atoms with Gasteiger partial charge in [0.15, 0.2) is 0 Å². The highest BCUT2D eigenvalue weighted by Crippen LogP contribution is 2.21. The number of anilines is 1. The summed E-state index contributed by atoms with van der Waals surface area (Å²) in [5.74, 6) is 0.569. The van der Waals surface area contributed by atoms with Crippen LogP contribution in [0.15, 0.2) is 24.3 Å².